The lowest BCUT2D eigenvalue weighted by Gasteiger charge is -2.21. The van der Waals surface area contributed by atoms with Gasteiger partial charge in [-0.2, -0.15) is 0 Å². The number of nitrogens with zero attached hydrogens (tertiary/aromatic N) is 1. The zero-order chi connectivity index (χ0) is 19.5. The molecule has 1 aliphatic rings. The van der Waals surface area contributed by atoms with Crippen LogP contribution in [0.4, 0.5) is 4.79 Å². The average molecular weight is 379 g/mol. The monoisotopic (exact) mass is 379 g/mol. The third kappa shape index (κ3) is 4.34. The van der Waals surface area contributed by atoms with Crippen LogP contribution in [0.3, 0.4) is 0 Å². The zero-order valence-electron chi connectivity index (χ0n) is 15.0. The summed E-state index contributed by atoms with van der Waals surface area (Å²) in [6, 6.07) is 6.21. The number of carbonyl (C=O) groups excluding carboxylic acids is 4. The summed E-state index contributed by atoms with van der Waals surface area (Å²) in [5.41, 5.74) is -0.767. The lowest BCUT2D eigenvalue weighted by atomic mass is 10.1. The summed E-state index contributed by atoms with van der Waals surface area (Å²) in [6.07, 6.45) is -0.909. The van der Waals surface area contributed by atoms with Crippen molar-refractivity contribution in [3.8, 4) is 0 Å². The molecule has 1 heterocycles. The molecule has 1 fully saturated rings. The molecule has 0 radical (unpaired) electrons. The summed E-state index contributed by atoms with van der Waals surface area (Å²) in [7, 11) is 3.16. The maximum atomic E-state index is 12.4. The number of esters is 1. The molecule has 0 bridgehead atoms. The summed E-state index contributed by atoms with van der Waals surface area (Å²) in [4.78, 5) is 49.5. The van der Waals surface area contributed by atoms with E-state index >= 15 is 0 Å². The van der Waals surface area contributed by atoms with E-state index in [9.17, 15) is 19.2 Å². The minimum absolute atomic E-state index is 0.237. The maximum Gasteiger partial charge on any atom is 0.340 e. The van der Waals surface area contributed by atoms with Crippen LogP contribution in [0, 0.1) is 0 Å². The second-order valence-corrected chi connectivity index (χ2v) is 7.32. The van der Waals surface area contributed by atoms with E-state index in [-0.39, 0.29) is 11.7 Å². The van der Waals surface area contributed by atoms with Crippen molar-refractivity contribution in [1.82, 2.24) is 15.5 Å². The predicted octanol–water partition coefficient (Wildman–Crippen LogP) is 1.01. The van der Waals surface area contributed by atoms with Gasteiger partial charge in [0.05, 0.1) is 5.56 Å². The molecule has 0 aliphatic carbocycles. The van der Waals surface area contributed by atoms with Crippen LogP contribution >= 0.6 is 11.8 Å². The standard InChI is InChI=1S/C17H21N3O5S/c1-10(13(21)20(3)4)25-14(22)11-7-5-6-8-12(11)26-9-17(2)15(23)18-16(24)19-17/h5-8,10H,9H2,1-4H3,(H2,18,19,23,24)/t10-,17-/m1/s1. The molecule has 140 valence electrons. The minimum atomic E-state index is -1.06. The zero-order valence-corrected chi connectivity index (χ0v) is 15.8. The van der Waals surface area contributed by atoms with Crippen LogP contribution < -0.4 is 10.6 Å². The molecular formula is C17H21N3O5S. The Bertz CT molecular complexity index is 752. The van der Waals surface area contributed by atoms with Gasteiger partial charge in [0, 0.05) is 24.7 Å². The Hall–Kier alpha value is -2.55. The Balaban J connectivity index is 2.10. The number of likely N-dealkylation sites (N-methyl/N-ethyl adjacent to an activating group) is 1. The Labute approximate surface area is 155 Å². The van der Waals surface area contributed by atoms with E-state index in [1.165, 1.54) is 23.6 Å². The fourth-order valence-electron chi connectivity index (χ4n) is 2.30. The van der Waals surface area contributed by atoms with Gasteiger partial charge < -0.3 is 15.0 Å². The third-order valence-corrected chi connectivity index (χ3v) is 5.20. The Morgan fingerprint density at radius 3 is 2.50 bits per heavy atom. The van der Waals surface area contributed by atoms with Crippen LogP contribution in [0.2, 0.25) is 0 Å². The van der Waals surface area contributed by atoms with E-state index in [4.69, 9.17) is 4.74 Å². The van der Waals surface area contributed by atoms with Crippen molar-refractivity contribution >= 4 is 35.6 Å². The van der Waals surface area contributed by atoms with Crippen molar-refractivity contribution in [2.75, 3.05) is 19.8 Å². The first-order chi connectivity index (χ1) is 12.1. The van der Waals surface area contributed by atoms with Crippen LogP contribution in [-0.4, -0.2) is 60.2 Å². The van der Waals surface area contributed by atoms with E-state index in [0.717, 1.165) is 0 Å². The number of ether oxygens (including phenoxy) is 1. The number of imide groups is 1. The number of urea groups is 1. The second kappa shape index (κ2) is 7.77. The fraction of sp³-hybridized carbons (Fsp3) is 0.412. The highest BCUT2D eigenvalue weighted by Gasteiger charge is 2.42. The number of nitrogens with one attached hydrogen (secondary N) is 2. The van der Waals surface area contributed by atoms with E-state index in [2.05, 4.69) is 10.6 Å². The van der Waals surface area contributed by atoms with Crippen molar-refractivity contribution in [2.24, 2.45) is 0 Å². The fourth-order valence-corrected chi connectivity index (χ4v) is 3.43. The van der Waals surface area contributed by atoms with Gasteiger partial charge in [-0.1, -0.05) is 12.1 Å². The molecule has 2 atom stereocenters. The van der Waals surface area contributed by atoms with Gasteiger partial charge in [0.2, 0.25) is 0 Å². The predicted molar refractivity (Wildman–Crippen MR) is 95.8 cm³/mol. The van der Waals surface area contributed by atoms with Gasteiger partial charge in [0.15, 0.2) is 6.10 Å². The van der Waals surface area contributed by atoms with Gasteiger partial charge >= 0.3 is 12.0 Å². The van der Waals surface area contributed by atoms with Crippen molar-refractivity contribution in [1.29, 1.82) is 0 Å². The number of hydrogen-bond acceptors (Lipinski definition) is 6. The molecule has 2 N–H and O–H groups in total. The van der Waals surface area contributed by atoms with Crippen molar-refractivity contribution < 1.29 is 23.9 Å². The van der Waals surface area contributed by atoms with Crippen LogP contribution in [0.5, 0.6) is 0 Å². The highest BCUT2D eigenvalue weighted by atomic mass is 32.2. The molecule has 26 heavy (non-hydrogen) atoms. The number of rotatable bonds is 6. The van der Waals surface area contributed by atoms with E-state index < -0.39 is 29.6 Å². The first kappa shape index (κ1) is 19.8. The second-order valence-electron chi connectivity index (χ2n) is 6.31. The summed E-state index contributed by atoms with van der Waals surface area (Å²) in [6.45, 7) is 3.12. The van der Waals surface area contributed by atoms with Gasteiger partial charge in [0.25, 0.3) is 11.8 Å². The van der Waals surface area contributed by atoms with Gasteiger partial charge in [-0.3, -0.25) is 14.9 Å². The van der Waals surface area contributed by atoms with E-state index in [0.29, 0.717) is 10.5 Å². The number of carbonyl (C=O) groups is 4. The number of amides is 4. The quantitative estimate of drug-likeness (QED) is 0.434. The van der Waals surface area contributed by atoms with Crippen LogP contribution in [-0.2, 0) is 14.3 Å². The third-order valence-electron chi connectivity index (χ3n) is 3.81. The van der Waals surface area contributed by atoms with Crippen molar-refractivity contribution in [3.63, 3.8) is 0 Å². The summed E-state index contributed by atoms with van der Waals surface area (Å²) >= 11 is 1.25. The summed E-state index contributed by atoms with van der Waals surface area (Å²) in [5.74, 6) is -1.12. The molecule has 4 amide bonds. The molecule has 0 saturated carbocycles. The number of benzene rings is 1. The van der Waals surface area contributed by atoms with E-state index in [1.54, 1.807) is 45.3 Å². The molecule has 1 aromatic carbocycles. The smallest absolute Gasteiger partial charge is 0.340 e. The normalized spacial score (nSPS) is 20.2. The molecule has 2 rings (SSSR count). The highest BCUT2D eigenvalue weighted by molar-refractivity contribution is 7.99. The molecule has 8 nitrogen and oxygen atoms in total. The molecule has 1 aliphatic heterocycles. The molecule has 1 aromatic rings. The van der Waals surface area contributed by atoms with Gasteiger partial charge in [-0.25, -0.2) is 9.59 Å². The molecule has 1 saturated heterocycles. The largest absolute Gasteiger partial charge is 0.449 e. The summed E-state index contributed by atoms with van der Waals surface area (Å²) < 4.78 is 5.24. The Morgan fingerprint density at radius 2 is 1.92 bits per heavy atom. The highest BCUT2D eigenvalue weighted by Crippen LogP contribution is 2.28. The Kier molecular flexibility index (Phi) is 5.91. The van der Waals surface area contributed by atoms with Gasteiger partial charge in [-0.05, 0) is 26.0 Å². The SMILES string of the molecule is C[C@@H](OC(=O)c1ccccc1SC[C@@]1(C)NC(=O)NC1=O)C(=O)N(C)C. The van der Waals surface area contributed by atoms with Gasteiger partial charge in [0.1, 0.15) is 5.54 Å². The summed E-state index contributed by atoms with van der Waals surface area (Å²) in [5, 5.41) is 4.77. The lowest BCUT2D eigenvalue weighted by Crippen LogP contribution is -2.46. The van der Waals surface area contributed by atoms with Gasteiger partial charge in [-0.15, -0.1) is 11.8 Å². The number of thioether (sulfide) groups is 1. The van der Waals surface area contributed by atoms with Crippen molar-refractivity contribution in [2.45, 2.75) is 30.4 Å². The molecule has 0 aromatic heterocycles. The molecular weight excluding hydrogens is 358 g/mol. The van der Waals surface area contributed by atoms with Crippen LogP contribution in [0.15, 0.2) is 29.2 Å². The van der Waals surface area contributed by atoms with Crippen molar-refractivity contribution in [3.05, 3.63) is 29.8 Å². The molecule has 0 spiro atoms. The molecule has 0 unspecified atom stereocenters. The van der Waals surface area contributed by atoms with Crippen LogP contribution in [0.25, 0.3) is 0 Å². The van der Waals surface area contributed by atoms with E-state index in [1.807, 2.05) is 0 Å². The molecule has 9 heteroatoms. The van der Waals surface area contributed by atoms with Crippen LogP contribution in [0.1, 0.15) is 24.2 Å². The number of hydrogen-bond donors (Lipinski definition) is 2. The first-order valence-electron chi connectivity index (χ1n) is 7.91. The lowest BCUT2D eigenvalue weighted by molar-refractivity contribution is -0.137. The maximum absolute atomic E-state index is 12.4. The first-order valence-corrected chi connectivity index (χ1v) is 8.90. The topological polar surface area (TPSA) is 105 Å². The minimum Gasteiger partial charge on any atom is -0.449 e. The Morgan fingerprint density at radius 1 is 1.27 bits per heavy atom. The average Bonchev–Trinajstić information content (AvgIpc) is 2.84.